The van der Waals surface area contributed by atoms with Crippen LogP contribution in [0.5, 0.6) is 0 Å². The van der Waals surface area contributed by atoms with E-state index in [1.54, 1.807) is 0 Å². The zero-order valence-corrected chi connectivity index (χ0v) is 11.4. The highest BCUT2D eigenvalue weighted by Crippen LogP contribution is 2.23. The molecule has 16 heavy (non-hydrogen) atoms. The van der Waals surface area contributed by atoms with Crippen LogP contribution in [-0.2, 0) is 0 Å². The second-order valence-corrected chi connectivity index (χ2v) is 5.75. The summed E-state index contributed by atoms with van der Waals surface area (Å²) >= 11 is 9.55. The molecule has 1 heterocycles. The summed E-state index contributed by atoms with van der Waals surface area (Å²) in [5, 5.41) is 0.653. The fourth-order valence-electron chi connectivity index (χ4n) is 1.91. The first kappa shape index (κ1) is 11.9. The van der Waals surface area contributed by atoms with E-state index < -0.39 is 0 Å². The highest BCUT2D eigenvalue weighted by Gasteiger charge is 2.26. The van der Waals surface area contributed by atoms with Crippen LogP contribution in [0.4, 0.5) is 0 Å². The van der Waals surface area contributed by atoms with Crippen molar-refractivity contribution >= 4 is 33.4 Å². The molecule has 1 aliphatic heterocycles. The van der Waals surface area contributed by atoms with Gasteiger partial charge in [-0.15, -0.1) is 0 Å². The number of benzene rings is 1. The molecule has 2 nitrogen and oxygen atoms in total. The van der Waals surface area contributed by atoms with E-state index in [2.05, 4.69) is 15.9 Å². The number of halogens is 2. The summed E-state index contributed by atoms with van der Waals surface area (Å²) in [4.78, 5) is 14.5. The maximum atomic E-state index is 12.2. The van der Waals surface area contributed by atoms with Gasteiger partial charge in [-0.3, -0.25) is 4.79 Å². The average molecular weight is 303 g/mol. The van der Waals surface area contributed by atoms with E-state index in [-0.39, 0.29) is 5.91 Å². The number of alkyl halides is 1. The van der Waals surface area contributed by atoms with Crippen LogP contribution in [0.25, 0.3) is 0 Å². The fourth-order valence-corrected chi connectivity index (χ4v) is 2.64. The third-order valence-electron chi connectivity index (χ3n) is 2.92. The first-order chi connectivity index (χ1) is 7.59. The minimum absolute atomic E-state index is 0.0851. The number of hydrogen-bond donors (Lipinski definition) is 0. The van der Waals surface area contributed by atoms with E-state index in [0.29, 0.717) is 15.4 Å². The molecule has 1 aromatic rings. The van der Waals surface area contributed by atoms with Crippen molar-refractivity contribution in [3.63, 3.8) is 0 Å². The van der Waals surface area contributed by atoms with E-state index in [0.717, 1.165) is 25.1 Å². The van der Waals surface area contributed by atoms with Crippen molar-refractivity contribution in [3.8, 4) is 0 Å². The number of hydrogen-bond acceptors (Lipinski definition) is 1. The number of carbonyl (C=O) groups is 1. The van der Waals surface area contributed by atoms with Crippen LogP contribution in [-0.4, -0.2) is 28.7 Å². The van der Waals surface area contributed by atoms with Crippen LogP contribution < -0.4 is 0 Å². The number of nitrogens with zero attached hydrogens (tertiary/aromatic N) is 1. The first-order valence-electron chi connectivity index (χ1n) is 5.28. The lowest BCUT2D eigenvalue weighted by molar-refractivity contribution is 0.0793. The molecule has 1 atom stereocenters. The maximum Gasteiger partial charge on any atom is 0.254 e. The Morgan fingerprint density at radius 1 is 1.56 bits per heavy atom. The van der Waals surface area contributed by atoms with Crippen LogP contribution in [0.3, 0.4) is 0 Å². The predicted octanol–water partition coefficient (Wildman–Crippen LogP) is 3.26. The zero-order valence-electron chi connectivity index (χ0n) is 9.04. The van der Waals surface area contributed by atoms with Gasteiger partial charge in [-0.2, -0.15) is 0 Å². The molecule has 0 saturated carbocycles. The molecule has 1 saturated heterocycles. The molecule has 1 aliphatic rings. The Morgan fingerprint density at radius 3 is 2.94 bits per heavy atom. The second kappa shape index (κ2) is 4.76. The molecule has 0 N–H and O–H groups in total. The Bertz CT molecular complexity index is 421. The molecule has 0 aliphatic carbocycles. The predicted molar refractivity (Wildman–Crippen MR) is 69.4 cm³/mol. The van der Waals surface area contributed by atoms with E-state index in [1.807, 2.05) is 30.0 Å². The number of rotatable bonds is 1. The minimum Gasteiger partial charge on any atom is -0.337 e. The molecule has 1 amide bonds. The lowest BCUT2D eigenvalue weighted by atomic mass is 10.1. The SMILES string of the molecule is Cc1c(Cl)cccc1C(=O)N1CCC(Br)C1. The second-order valence-electron chi connectivity index (χ2n) is 4.05. The summed E-state index contributed by atoms with van der Waals surface area (Å²) in [6.07, 6.45) is 1.02. The van der Waals surface area contributed by atoms with Crippen molar-refractivity contribution in [3.05, 3.63) is 34.3 Å². The maximum absolute atomic E-state index is 12.2. The van der Waals surface area contributed by atoms with Crippen molar-refractivity contribution in [1.29, 1.82) is 0 Å². The summed E-state index contributed by atoms with van der Waals surface area (Å²) in [6.45, 7) is 3.49. The molecule has 0 aromatic heterocycles. The van der Waals surface area contributed by atoms with Gasteiger partial charge in [0.15, 0.2) is 0 Å². The fraction of sp³-hybridized carbons (Fsp3) is 0.417. The summed E-state index contributed by atoms with van der Waals surface area (Å²) in [7, 11) is 0. The topological polar surface area (TPSA) is 20.3 Å². The third-order valence-corrected chi connectivity index (χ3v) is 4.07. The summed E-state index contributed by atoms with van der Waals surface area (Å²) < 4.78 is 0. The van der Waals surface area contributed by atoms with Gasteiger partial charge in [0.25, 0.3) is 5.91 Å². The van der Waals surface area contributed by atoms with Gasteiger partial charge in [0.05, 0.1) is 0 Å². The Kier molecular flexibility index (Phi) is 3.55. The largest absolute Gasteiger partial charge is 0.337 e. The molecule has 86 valence electrons. The van der Waals surface area contributed by atoms with Crippen molar-refractivity contribution in [2.75, 3.05) is 13.1 Å². The average Bonchev–Trinajstić information content (AvgIpc) is 2.68. The van der Waals surface area contributed by atoms with E-state index in [9.17, 15) is 4.79 Å². The zero-order chi connectivity index (χ0) is 11.7. The van der Waals surface area contributed by atoms with Gasteiger partial charge in [0, 0.05) is 28.5 Å². The highest BCUT2D eigenvalue weighted by molar-refractivity contribution is 9.09. The lowest BCUT2D eigenvalue weighted by Crippen LogP contribution is -2.29. The monoisotopic (exact) mass is 301 g/mol. The smallest absolute Gasteiger partial charge is 0.254 e. The molecular weight excluding hydrogens is 289 g/mol. The summed E-state index contributed by atoms with van der Waals surface area (Å²) in [6, 6.07) is 5.47. The van der Waals surface area contributed by atoms with Gasteiger partial charge < -0.3 is 4.90 Å². The van der Waals surface area contributed by atoms with Crippen LogP contribution in [0.2, 0.25) is 5.02 Å². The third kappa shape index (κ3) is 2.25. The van der Waals surface area contributed by atoms with Crippen molar-refractivity contribution in [2.24, 2.45) is 0 Å². The van der Waals surface area contributed by atoms with Crippen LogP contribution in [0.1, 0.15) is 22.3 Å². The van der Waals surface area contributed by atoms with Gasteiger partial charge in [0.1, 0.15) is 0 Å². The van der Waals surface area contributed by atoms with E-state index in [1.165, 1.54) is 0 Å². The molecule has 0 radical (unpaired) electrons. The van der Waals surface area contributed by atoms with Crippen molar-refractivity contribution < 1.29 is 4.79 Å². The summed E-state index contributed by atoms with van der Waals surface area (Å²) in [5.41, 5.74) is 1.58. The molecule has 2 rings (SSSR count). The lowest BCUT2D eigenvalue weighted by Gasteiger charge is -2.17. The van der Waals surface area contributed by atoms with Crippen molar-refractivity contribution in [2.45, 2.75) is 18.2 Å². The Hall–Kier alpha value is -0.540. The molecular formula is C12H13BrClNO. The molecule has 1 aromatic carbocycles. The van der Waals surface area contributed by atoms with Crippen LogP contribution in [0, 0.1) is 6.92 Å². The highest BCUT2D eigenvalue weighted by atomic mass is 79.9. The van der Waals surface area contributed by atoms with E-state index in [4.69, 9.17) is 11.6 Å². The van der Waals surface area contributed by atoms with Gasteiger partial charge >= 0.3 is 0 Å². The quantitative estimate of drug-likeness (QED) is 0.729. The van der Waals surface area contributed by atoms with Crippen LogP contribution in [0.15, 0.2) is 18.2 Å². The molecule has 0 spiro atoms. The molecule has 4 heteroatoms. The first-order valence-corrected chi connectivity index (χ1v) is 6.57. The normalized spacial score (nSPS) is 20.2. The van der Waals surface area contributed by atoms with Crippen LogP contribution >= 0.6 is 27.5 Å². The Labute approximate surface area is 109 Å². The number of likely N-dealkylation sites (tertiary alicyclic amines) is 1. The van der Waals surface area contributed by atoms with Gasteiger partial charge in [-0.25, -0.2) is 0 Å². The standard InChI is InChI=1S/C12H13BrClNO/c1-8-10(3-2-4-11(8)14)12(16)15-6-5-9(13)7-15/h2-4,9H,5-7H2,1H3. The van der Waals surface area contributed by atoms with Crippen molar-refractivity contribution in [1.82, 2.24) is 4.90 Å². The molecule has 1 fully saturated rings. The number of carbonyl (C=O) groups excluding carboxylic acids is 1. The minimum atomic E-state index is 0.0851. The van der Waals surface area contributed by atoms with Gasteiger partial charge in [-0.1, -0.05) is 33.6 Å². The molecule has 0 bridgehead atoms. The Balaban J connectivity index is 2.24. The number of amides is 1. The van der Waals surface area contributed by atoms with Gasteiger partial charge in [-0.05, 0) is 31.0 Å². The van der Waals surface area contributed by atoms with E-state index >= 15 is 0 Å². The van der Waals surface area contributed by atoms with Gasteiger partial charge in [0.2, 0.25) is 0 Å². The molecule has 1 unspecified atom stereocenters. The Morgan fingerprint density at radius 2 is 2.31 bits per heavy atom. The summed E-state index contributed by atoms with van der Waals surface area (Å²) in [5.74, 6) is 0.0851.